The molecule has 116 valence electrons. The molecule has 0 saturated heterocycles. The van der Waals surface area contributed by atoms with Crippen LogP contribution in [0, 0.1) is 0 Å². The van der Waals surface area contributed by atoms with Gasteiger partial charge in [0.15, 0.2) is 10.4 Å². The van der Waals surface area contributed by atoms with Crippen LogP contribution < -0.4 is 10.6 Å². The van der Waals surface area contributed by atoms with Crippen molar-refractivity contribution in [1.82, 2.24) is 0 Å². The average molecular weight is 391 g/mol. The second kappa shape index (κ2) is 6.80. The minimum Gasteiger partial charge on any atom is -0.444 e. The first-order valence-corrected chi connectivity index (χ1v) is 8.36. The van der Waals surface area contributed by atoms with E-state index in [1.54, 1.807) is 36.4 Å². The fourth-order valence-electron chi connectivity index (χ4n) is 1.91. The normalized spacial score (nSPS) is 10.3. The maximum atomic E-state index is 12.2. The van der Waals surface area contributed by atoms with Gasteiger partial charge in [0.05, 0.1) is 5.69 Å². The van der Waals surface area contributed by atoms with Crippen molar-refractivity contribution >= 4 is 50.5 Å². The van der Waals surface area contributed by atoms with E-state index in [1.165, 1.54) is 11.3 Å². The van der Waals surface area contributed by atoms with Crippen molar-refractivity contribution in [1.29, 1.82) is 0 Å². The van der Waals surface area contributed by atoms with Crippen molar-refractivity contribution in [2.24, 2.45) is 0 Å². The van der Waals surface area contributed by atoms with E-state index < -0.39 is 0 Å². The zero-order valence-corrected chi connectivity index (χ0v) is 14.1. The number of furan rings is 1. The zero-order valence-electron chi connectivity index (χ0n) is 11.7. The van der Waals surface area contributed by atoms with Crippen LogP contribution in [0.2, 0.25) is 0 Å². The van der Waals surface area contributed by atoms with Crippen molar-refractivity contribution in [3.05, 3.63) is 69.2 Å². The quantitative estimate of drug-likeness (QED) is 0.683. The van der Waals surface area contributed by atoms with Gasteiger partial charge in [0.2, 0.25) is 0 Å². The van der Waals surface area contributed by atoms with Crippen molar-refractivity contribution in [2.45, 2.75) is 0 Å². The van der Waals surface area contributed by atoms with Crippen molar-refractivity contribution in [2.75, 3.05) is 10.6 Å². The lowest BCUT2D eigenvalue weighted by atomic mass is 10.2. The number of hydrogen-bond donors (Lipinski definition) is 2. The van der Waals surface area contributed by atoms with E-state index in [2.05, 4.69) is 26.6 Å². The van der Waals surface area contributed by atoms with E-state index in [-0.39, 0.29) is 17.6 Å². The van der Waals surface area contributed by atoms with Crippen molar-refractivity contribution in [3.63, 3.8) is 0 Å². The Kier molecular flexibility index (Phi) is 4.59. The average Bonchev–Trinajstić information content (AvgIpc) is 3.19. The Labute approximate surface area is 144 Å². The molecular weight excluding hydrogens is 380 g/mol. The standard InChI is InChI=1S/C16H11BrN2O3S/c17-14-5-4-13(22-14)16(21)18-11-3-1-2-10(8-11)15(20)19-12-6-7-23-9-12/h1-9H,(H,18,21)(H,19,20). The first-order valence-electron chi connectivity index (χ1n) is 6.62. The smallest absolute Gasteiger partial charge is 0.291 e. The molecule has 2 aromatic heterocycles. The Morgan fingerprint density at radius 1 is 1.00 bits per heavy atom. The van der Waals surface area contributed by atoms with Gasteiger partial charge in [0, 0.05) is 16.6 Å². The largest absolute Gasteiger partial charge is 0.444 e. The van der Waals surface area contributed by atoms with Crippen LogP contribution in [-0.4, -0.2) is 11.8 Å². The highest BCUT2D eigenvalue weighted by Crippen LogP contribution is 2.18. The van der Waals surface area contributed by atoms with E-state index in [9.17, 15) is 9.59 Å². The van der Waals surface area contributed by atoms with Gasteiger partial charge in [0.1, 0.15) is 0 Å². The molecule has 0 atom stereocenters. The lowest BCUT2D eigenvalue weighted by Gasteiger charge is -2.06. The summed E-state index contributed by atoms with van der Waals surface area (Å²) in [6, 6.07) is 11.7. The van der Waals surface area contributed by atoms with Crippen molar-refractivity contribution < 1.29 is 14.0 Å². The maximum Gasteiger partial charge on any atom is 0.291 e. The van der Waals surface area contributed by atoms with Gasteiger partial charge in [-0.1, -0.05) is 6.07 Å². The SMILES string of the molecule is O=C(Nc1ccsc1)c1cccc(NC(=O)c2ccc(Br)o2)c1. The summed E-state index contributed by atoms with van der Waals surface area (Å²) in [7, 11) is 0. The molecular formula is C16H11BrN2O3S. The number of anilines is 2. The third-order valence-electron chi connectivity index (χ3n) is 2.96. The van der Waals surface area contributed by atoms with Gasteiger partial charge >= 0.3 is 0 Å². The molecule has 0 aliphatic carbocycles. The number of nitrogens with one attached hydrogen (secondary N) is 2. The summed E-state index contributed by atoms with van der Waals surface area (Å²) in [5.74, 6) is -0.434. The number of amides is 2. The van der Waals surface area contributed by atoms with Gasteiger partial charge in [-0.05, 0) is 57.7 Å². The number of rotatable bonds is 4. The van der Waals surface area contributed by atoms with Gasteiger partial charge in [-0.2, -0.15) is 11.3 Å². The summed E-state index contributed by atoms with van der Waals surface area (Å²) < 4.78 is 5.67. The number of carbonyl (C=O) groups is 2. The molecule has 3 rings (SSSR count). The van der Waals surface area contributed by atoms with Crippen molar-refractivity contribution in [3.8, 4) is 0 Å². The fraction of sp³-hybridized carbons (Fsp3) is 0. The Bertz CT molecular complexity index is 843. The molecule has 5 nitrogen and oxygen atoms in total. The monoisotopic (exact) mass is 390 g/mol. The van der Waals surface area contributed by atoms with Gasteiger partial charge in [-0.3, -0.25) is 9.59 Å². The topological polar surface area (TPSA) is 71.3 Å². The maximum absolute atomic E-state index is 12.2. The summed E-state index contributed by atoms with van der Waals surface area (Å²) >= 11 is 4.65. The molecule has 3 aromatic rings. The second-order valence-corrected chi connectivity index (χ2v) is 6.17. The Morgan fingerprint density at radius 2 is 1.83 bits per heavy atom. The first-order chi connectivity index (χ1) is 11.1. The Morgan fingerprint density at radius 3 is 2.52 bits per heavy atom. The summed E-state index contributed by atoms with van der Waals surface area (Å²) in [4.78, 5) is 24.2. The van der Waals surface area contributed by atoms with E-state index in [0.717, 1.165) is 5.69 Å². The molecule has 0 saturated carbocycles. The molecule has 0 spiro atoms. The number of benzene rings is 1. The first kappa shape index (κ1) is 15.5. The van der Waals surface area contributed by atoms with E-state index in [4.69, 9.17) is 4.42 Å². The number of hydrogen-bond acceptors (Lipinski definition) is 4. The van der Waals surface area contributed by atoms with Crippen LogP contribution in [0.25, 0.3) is 0 Å². The third-order valence-corrected chi connectivity index (χ3v) is 4.07. The molecule has 23 heavy (non-hydrogen) atoms. The Balaban J connectivity index is 1.72. The lowest BCUT2D eigenvalue weighted by Crippen LogP contribution is -2.14. The van der Waals surface area contributed by atoms with E-state index in [0.29, 0.717) is 15.9 Å². The highest BCUT2D eigenvalue weighted by molar-refractivity contribution is 9.10. The van der Waals surface area contributed by atoms with Crippen LogP contribution in [0.1, 0.15) is 20.9 Å². The van der Waals surface area contributed by atoms with Crippen LogP contribution in [-0.2, 0) is 0 Å². The van der Waals surface area contributed by atoms with Gasteiger partial charge < -0.3 is 15.1 Å². The Hall–Kier alpha value is -2.38. The van der Waals surface area contributed by atoms with E-state index >= 15 is 0 Å². The van der Waals surface area contributed by atoms with Crippen LogP contribution in [0.3, 0.4) is 0 Å². The van der Waals surface area contributed by atoms with Gasteiger partial charge in [0.25, 0.3) is 11.8 Å². The summed E-state index contributed by atoms with van der Waals surface area (Å²) in [6.07, 6.45) is 0. The van der Waals surface area contributed by atoms with Gasteiger partial charge in [-0.25, -0.2) is 0 Å². The third kappa shape index (κ3) is 3.88. The minimum atomic E-state index is -0.383. The number of thiophene rings is 1. The predicted molar refractivity (Wildman–Crippen MR) is 93.1 cm³/mol. The van der Waals surface area contributed by atoms with Crippen LogP contribution in [0.15, 0.2) is 62.3 Å². The zero-order chi connectivity index (χ0) is 16.2. The van der Waals surface area contributed by atoms with Gasteiger partial charge in [-0.15, -0.1) is 0 Å². The lowest BCUT2D eigenvalue weighted by molar-refractivity contribution is 0.0992. The molecule has 0 aliphatic heterocycles. The predicted octanol–water partition coefficient (Wildman–Crippen LogP) is 4.61. The molecule has 7 heteroatoms. The summed E-state index contributed by atoms with van der Waals surface area (Å²) in [5, 5.41) is 9.21. The summed E-state index contributed by atoms with van der Waals surface area (Å²) in [5.41, 5.74) is 1.71. The molecule has 2 N–H and O–H groups in total. The molecule has 0 unspecified atom stereocenters. The molecule has 2 amide bonds. The number of halogens is 1. The van der Waals surface area contributed by atoms with Crippen LogP contribution >= 0.6 is 27.3 Å². The molecule has 0 bridgehead atoms. The van der Waals surface area contributed by atoms with E-state index in [1.807, 2.05) is 16.8 Å². The highest BCUT2D eigenvalue weighted by atomic mass is 79.9. The number of carbonyl (C=O) groups excluding carboxylic acids is 2. The minimum absolute atomic E-state index is 0.185. The summed E-state index contributed by atoms with van der Waals surface area (Å²) in [6.45, 7) is 0. The molecule has 1 aromatic carbocycles. The molecule has 0 fully saturated rings. The second-order valence-electron chi connectivity index (χ2n) is 4.60. The van der Waals surface area contributed by atoms with Crippen LogP contribution in [0.4, 0.5) is 11.4 Å². The molecule has 0 radical (unpaired) electrons. The fourth-order valence-corrected chi connectivity index (χ4v) is 2.80. The van der Waals surface area contributed by atoms with Crippen LogP contribution in [0.5, 0.6) is 0 Å². The molecule has 2 heterocycles. The molecule has 0 aliphatic rings. The highest BCUT2D eigenvalue weighted by Gasteiger charge is 2.12.